The molecule has 1 aliphatic rings. The van der Waals surface area contributed by atoms with Crippen molar-refractivity contribution in [1.29, 1.82) is 5.26 Å². The Morgan fingerprint density at radius 2 is 1.76 bits per heavy atom. The zero-order valence-electron chi connectivity index (χ0n) is 15.6. The summed E-state index contributed by atoms with van der Waals surface area (Å²) in [7, 11) is 0. The summed E-state index contributed by atoms with van der Waals surface area (Å²) in [5.74, 6) is 0.565. The number of rotatable bonds is 5. The van der Waals surface area contributed by atoms with Crippen molar-refractivity contribution in [3.05, 3.63) is 88.4 Å². The molecule has 3 aromatic carbocycles. The Morgan fingerprint density at radius 1 is 1.03 bits per heavy atom. The van der Waals surface area contributed by atoms with Gasteiger partial charge in [0.25, 0.3) is 0 Å². The lowest BCUT2D eigenvalue weighted by Crippen LogP contribution is -2.15. The second-order valence-electron chi connectivity index (χ2n) is 6.84. The molecule has 0 radical (unpaired) electrons. The van der Waals surface area contributed by atoms with Gasteiger partial charge in [0.2, 0.25) is 0 Å². The first kappa shape index (κ1) is 19.2. The lowest BCUT2D eigenvalue weighted by atomic mass is 9.97. The molecule has 0 N–H and O–H groups in total. The Hall–Kier alpha value is -3.13. The van der Waals surface area contributed by atoms with Crippen molar-refractivity contribution in [2.45, 2.75) is 12.5 Å². The predicted molar refractivity (Wildman–Crippen MR) is 111 cm³/mol. The molecule has 0 saturated carbocycles. The maximum Gasteiger partial charge on any atom is 0.194 e. The minimum Gasteiger partial charge on any atom is -0.488 e. The summed E-state index contributed by atoms with van der Waals surface area (Å²) in [6, 6.07) is 21.8. The van der Waals surface area contributed by atoms with Crippen molar-refractivity contribution >= 4 is 17.4 Å². The van der Waals surface area contributed by atoms with E-state index in [0.717, 1.165) is 29.9 Å². The second-order valence-corrected chi connectivity index (χ2v) is 7.25. The summed E-state index contributed by atoms with van der Waals surface area (Å²) in [5.41, 5.74) is 3.34. The lowest BCUT2D eigenvalue weighted by molar-refractivity contribution is 0.103. The van der Waals surface area contributed by atoms with E-state index in [1.165, 1.54) is 0 Å². The van der Waals surface area contributed by atoms with Gasteiger partial charge < -0.3 is 9.47 Å². The molecule has 4 nitrogen and oxygen atoms in total. The van der Waals surface area contributed by atoms with E-state index in [4.69, 9.17) is 26.3 Å². The first-order chi connectivity index (χ1) is 14.1. The smallest absolute Gasteiger partial charge is 0.194 e. The predicted octanol–water partition coefficient (Wildman–Crippen LogP) is 5.28. The van der Waals surface area contributed by atoms with Gasteiger partial charge in [-0.3, -0.25) is 4.79 Å². The molecule has 0 aromatic heterocycles. The largest absolute Gasteiger partial charge is 0.488 e. The average molecular weight is 404 g/mol. The van der Waals surface area contributed by atoms with Crippen LogP contribution in [0.5, 0.6) is 5.75 Å². The normalized spacial score (nSPS) is 15.7. The molecule has 1 heterocycles. The van der Waals surface area contributed by atoms with Crippen LogP contribution in [0.4, 0.5) is 0 Å². The summed E-state index contributed by atoms with van der Waals surface area (Å²) in [5, 5.41) is 9.35. The fraction of sp³-hybridized carbons (Fsp3) is 0.167. The fourth-order valence-corrected chi connectivity index (χ4v) is 3.46. The highest BCUT2D eigenvalue weighted by molar-refractivity contribution is 6.35. The highest BCUT2D eigenvalue weighted by Crippen LogP contribution is 2.28. The van der Waals surface area contributed by atoms with E-state index in [9.17, 15) is 4.79 Å². The van der Waals surface area contributed by atoms with E-state index < -0.39 is 0 Å². The van der Waals surface area contributed by atoms with Gasteiger partial charge in [0, 0.05) is 17.5 Å². The molecule has 1 atom stereocenters. The van der Waals surface area contributed by atoms with Crippen molar-refractivity contribution in [1.82, 2.24) is 0 Å². The number of hydrogen-bond donors (Lipinski definition) is 0. The molecule has 3 aromatic rings. The molecule has 0 unspecified atom stereocenters. The van der Waals surface area contributed by atoms with Gasteiger partial charge in [-0.25, -0.2) is 0 Å². The highest BCUT2D eigenvalue weighted by Gasteiger charge is 2.18. The number of halogens is 1. The molecule has 0 bridgehead atoms. The molecule has 5 heteroatoms. The van der Waals surface area contributed by atoms with Gasteiger partial charge in [0.15, 0.2) is 5.78 Å². The average Bonchev–Trinajstić information content (AvgIpc) is 3.27. The molecule has 144 valence electrons. The highest BCUT2D eigenvalue weighted by atomic mass is 35.5. The first-order valence-electron chi connectivity index (χ1n) is 9.33. The minimum absolute atomic E-state index is 0.0649. The van der Waals surface area contributed by atoms with Gasteiger partial charge in [-0.15, -0.1) is 0 Å². The number of benzene rings is 3. The molecular formula is C24H18ClNO3. The van der Waals surface area contributed by atoms with Crippen molar-refractivity contribution in [3.8, 4) is 22.9 Å². The van der Waals surface area contributed by atoms with Crippen LogP contribution in [0.3, 0.4) is 0 Å². The quantitative estimate of drug-likeness (QED) is 0.544. The van der Waals surface area contributed by atoms with E-state index in [1.807, 2.05) is 18.2 Å². The number of nitrogens with zero attached hydrogens (tertiary/aromatic N) is 1. The number of nitriles is 1. The van der Waals surface area contributed by atoms with E-state index in [0.29, 0.717) is 28.3 Å². The summed E-state index contributed by atoms with van der Waals surface area (Å²) < 4.78 is 11.2. The number of carbonyl (C=O) groups excluding carboxylic acids is 1. The van der Waals surface area contributed by atoms with Crippen LogP contribution in [-0.4, -0.2) is 25.1 Å². The summed E-state index contributed by atoms with van der Waals surface area (Å²) >= 11 is 6.32. The minimum atomic E-state index is -0.152. The number of carbonyl (C=O) groups is 1. The molecule has 4 rings (SSSR count). The van der Waals surface area contributed by atoms with Crippen molar-refractivity contribution in [3.63, 3.8) is 0 Å². The summed E-state index contributed by atoms with van der Waals surface area (Å²) in [6.07, 6.45) is 0.938. The van der Waals surface area contributed by atoms with Crippen molar-refractivity contribution < 1.29 is 14.3 Å². The van der Waals surface area contributed by atoms with Gasteiger partial charge in [-0.1, -0.05) is 29.8 Å². The van der Waals surface area contributed by atoms with Crippen molar-refractivity contribution in [2.75, 3.05) is 13.2 Å². The van der Waals surface area contributed by atoms with Crippen LogP contribution in [-0.2, 0) is 4.74 Å². The van der Waals surface area contributed by atoms with Crippen LogP contribution < -0.4 is 4.74 Å². The monoisotopic (exact) mass is 403 g/mol. The van der Waals surface area contributed by atoms with Gasteiger partial charge in [-0.2, -0.15) is 5.26 Å². The summed E-state index contributed by atoms with van der Waals surface area (Å²) in [4.78, 5) is 13.0. The zero-order chi connectivity index (χ0) is 20.2. The van der Waals surface area contributed by atoms with Gasteiger partial charge in [-0.05, 0) is 59.7 Å². The third-order valence-corrected chi connectivity index (χ3v) is 5.20. The molecule has 1 saturated heterocycles. The molecular weight excluding hydrogens is 386 g/mol. The Morgan fingerprint density at radius 3 is 2.41 bits per heavy atom. The SMILES string of the molecule is N#Cc1ccc(-c2ccc(Cl)c(C(=O)c3ccc(O[C@@H]4CCOC4)cc3)c2)cc1. The first-order valence-corrected chi connectivity index (χ1v) is 9.71. The Kier molecular flexibility index (Phi) is 5.62. The van der Waals surface area contributed by atoms with Gasteiger partial charge in [0.1, 0.15) is 11.9 Å². The van der Waals surface area contributed by atoms with Crippen LogP contribution in [0.25, 0.3) is 11.1 Å². The van der Waals surface area contributed by atoms with Gasteiger partial charge >= 0.3 is 0 Å². The number of ketones is 1. The topological polar surface area (TPSA) is 59.3 Å². The Bertz CT molecular complexity index is 1060. The van der Waals surface area contributed by atoms with Crippen LogP contribution in [0, 0.1) is 11.3 Å². The zero-order valence-corrected chi connectivity index (χ0v) is 16.4. The standard InChI is InChI=1S/C24H18ClNO3/c25-23-10-7-19(17-3-1-16(14-26)2-4-17)13-22(23)24(27)18-5-8-20(9-6-18)29-21-11-12-28-15-21/h1-10,13,21H,11-12,15H2/t21-/m1/s1. The third-order valence-electron chi connectivity index (χ3n) is 4.87. The van der Waals surface area contributed by atoms with Gasteiger partial charge in [0.05, 0.1) is 29.9 Å². The van der Waals surface area contributed by atoms with E-state index in [2.05, 4.69) is 6.07 Å². The maximum atomic E-state index is 13.0. The van der Waals surface area contributed by atoms with Crippen LogP contribution in [0.15, 0.2) is 66.7 Å². The maximum absolute atomic E-state index is 13.0. The molecule has 0 aliphatic carbocycles. The number of hydrogen-bond acceptors (Lipinski definition) is 4. The molecule has 1 fully saturated rings. The molecule has 29 heavy (non-hydrogen) atoms. The lowest BCUT2D eigenvalue weighted by Gasteiger charge is -2.12. The van der Waals surface area contributed by atoms with E-state index >= 15 is 0 Å². The Labute approximate surface area is 174 Å². The Balaban J connectivity index is 1.56. The van der Waals surface area contributed by atoms with Crippen molar-refractivity contribution in [2.24, 2.45) is 0 Å². The second kappa shape index (κ2) is 8.48. The third kappa shape index (κ3) is 4.32. The van der Waals surface area contributed by atoms with Crippen LogP contribution in [0.1, 0.15) is 27.9 Å². The van der Waals surface area contributed by atoms with Crippen LogP contribution >= 0.6 is 11.6 Å². The van der Waals surface area contributed by atoms with E-state index in [-0.39, 0.29) is 11.9 Å². The molecule has 0 amide bonds. The van der Waals surface area contributed by atoms with Crippen LogP contribution in [0.2, 0.25) is 5.02 Å². The van der Waals surface area contributed by atoms with E-state index in [1.54, 1.807) is 48.5 Å². The number of ether oxygens (including phenoxy) is 2. The molecule has 1 aliphatic heterocycles. The molecule has 0 spiro atoms. The summed E-state index contributed by atoms with van der Waals surface area (Å²) in [6.45, 7) is 1.31. The fourth-order valence-electron chi connectivity index (χ4n) is 3.25.